The van der Waals surface area contributed by atoms with Crippen LogP contribution in [0.1, 0.15) is 40.0 Å². The van der Waals surface area contributed by atoms with Gasteiger partial charge in [-0.15, -0.1) is 0 Å². The molecule has 4 heteroatoms. The third kappa shape index (κ3) is 6.14. The molecule has 1 heterocycles. The van der Waals surface area contributed by atoms with E-state index >= 15 is 0 Å². The smallest absolute Gasteiger partial charge is 0.0900 e. The van der Waals surface area contributed by atoms with Crippen molar-refractivity contribution in [3.8, 4) is 0 Å². The van der Waals surface area contributed by atoms with E-state index in [1.54, 1.807) is 7.11 Å². The van der Waals surface area contributed by atoms with E-state index in [0.29, 0.717) is 12.6 Å². The molecule has 0 spiro atoms. The maximum Gasteiger partial charge on any atom is 0.0900 e. The topological polar surface area (TPSA) is 44.7 Å². The van der Waals surface area contributed by atoms with Gasteiger partial charge in [0.15, 0.2) is 0 Å². The molecule has 4 nitrogen and oxygen atoms in total. The van der Waals surface area contributed by atoms with Gasteiger partial charge in [0.1, 0.15) is 0 Å². The lowest BCUT2D eigenvalue weighted by Gasteiger charge is -2.38. The normalized spacial score (nSPS) is 24.2. The van der Waals surface area contributed by atoms with Crippen molar-refractivity contribution in [2.75, 3.05) is 33.4 Å². The maximum absolute atomic E-state index is 9.86. The Kier molecular flexibility index (Phi) is 6.57. The highest BCUT2D eigenvalue weighted by molar-refractivity contribution is 4.83. The van der Waals surface area contributed by atoms with Crippen LogP contribution in [0, 0.1) is 0 Å². The van der Waals surface area contributed by atoms with Crippen molar-refractivity contribution in [1.29, 1.82) is 0 Å². The van der Waals surface area contributed by atoms with Crippen LogP contribution in [-0.4, -0.2) is 61.0 Å². The summed E-state index contributed by atoms with van der Waals surface area (Å²) in [5.41, 5.74) is 0.161. The van der Waals surface area contributed by atoms with Gasteiger partial charge >= 0.3 is 0 Å². The minimum absolute atomic E-state index is 0.161. The Bertz CT molecular complexity index is 228. The molecule has 108 valence electrons. The summed E-state index contributed by atoms with van der Waals surface area (Å²) < 4.78 is 5.00. The molecule has 1 aliphatic rings. The fourth-order valence-electron chi connectivity index (χ4n) is 2.47. The van der Waals surface area contributed by atoms with E-state index in [4.69, 9.17) is 4.74 Å². The molecular weight excluding hydrogens is 228 g/mol. The fourth-order valence-corrected chi connectivity index (χ4v) is 2.47. The van der Waals surface area contributed by atoms with Crippen LogP contribution in [0.3, 0.4) is 0 Å². The molecule has 18 heavy (non-hydrogen) atoms. The third-order valence-corrected chi connectivity index (χ3v) is 3.42. The maximum atomic E-state index is 9.86. The van der Waals surface area contributed by atoms with Crippen LogP contribution < -0.4 is 5.32 Å². The molecule has 1 saturated heterocycles. The van der Waals surface area contributed by atoms with Crippen LogP contribution in [0.5, 0.6) is 0 Å². The predicted molar refractivity (Wildman–Crippen MR) is 74.9 cm³/mol. The van der Waals surface area contributed by atoms with E-state index in [1.165, 1.54) is 19.3 Å². The number of ether oxygens (including phenoxy) is 1. The van der Waals surface area contributed by atoms with Gasteiger partial charge in [-0.05, 0) is 40.2 Å². The number of nitrogens with zero attached hydrogens (tertiary/aromatic N) is 1. The number of aliphatic hydroxyl groups excluding tert-OH is 1. The number of β-amino-alcohol motifs (C(OH)–C–C–N with tert-alkyl or cyclic N) is 1. The number of hydrogen-bond donors (Lipinski definition) is 2. The first kappa shape index (κ1) is 15.9. The van der Waals surface area contributed by atoms with Gasteiger partial charge in [-0.25, -0.2) is 0 Å². The number of hydrogen-bond acceptors (Lipinski definition) is 4. The van der Waals surface area contributed by atoms with Crippen molar-refractivity contribution in [2.45, 2.75) is 57.7 Å². The number of likely N-dealkylation sites (tertiary alicyclic amines) is 1. The van der Waals surface area contributed by atoms with Gasteiger partial charge < -0.3 is 15.2 Å². The van der Waals surface area contributed by atoms with E-state index < -0.39 is 0 Å². The average molecular weight is 258 g/mol. The molecule has 0 aromatic carbocycles. The van der Waals surface area contributed by atoms with Crippen LogP contribution in [-0.2, 0) is 4.74 Å². The van der Waals surface area contributed by atoms with Crippen LogP contribution in [0.25, 0.3) is 0 Å². The molecular formula is C14H30N2O2. The van der Waals surface area contributed by atoms with Crippen molar-refractivity contribution in [2.24, 2.45) is 0 Å². The number of piperidine rings is 1. The summed E-state index contributed by atoms with van der Waals surface area (Å²) in [6.07, 6.45) is 3.40. The van der Waals surface area contributed by atoms with Gasteiger partial charge in [0, 0.05) is 31.8 Å². The zero-order valence-electron chi connectivity index (χ0n) is 12.4. The molecule has 1 fully saturated rings. The van der Waals surface area contributed by atoms with Crippen LogP contribution in [0.15, 0.2) is 0 Å². The molecule has 1 aliphatic heterocycles. The Morgan fingerprint density at radius 1 is 1.39 bits per heavy atom. The van der Waals surface area contributed by atoms with Crippen molar-refractivity contribution in [1.82, 2.24) is 10.2 Å². The summed E-state index contributed by atoms with van der Waals surface area (Å²) in [5, 5.41) is 13.4. The summed E-state index contributed by atoms with van der Waals surface area (Å²) in [6, 6.07) is 0.546. The second kappa shape index (κ2) is 7.43. The number of aliphatic hydroxyl groups is 1. The SMILES string of the molecule is COCC(O)CN1CCCCC1CNC(C)(C)C. The van der Waals surface area contributed by atoms with Crippen LogP contribution >= 0.6 is 0 Å². The highest BCUT2D eigenvalue weighted by Crippen LogP contribution is 2.17. The van der Waals surface area contributed by atoms with Crippen LogP contribution in [0.2, 0.25) is 0 Å². The molecule has 0 aliphatic carbocycles. The molecule has 0 radical (unpaired) electrons. The first-order valence-corrected chi connectivity index (χ1v) is 7.08. The van der Waals surface area contributed by atoms with Gasteiger partial charge in [0.2, 0.25) is 0 Å². The van der Waals surface area contributed by atoms with E-state index in [1.807, 2.05) is 0 Å². The highest BCUT2D eigenvalue weighted by atomic mass is 16.5. The predicted octanol–water partition coefficient (Wildman–Crippen LogP) is 1.24. The largest absolute Gasteiger partial charge is 0.389 e. The minimum atomic E-state index is -0.370. The Hall–Kier alpha value is -0.160. The molecule has 1 rings (SSSR count). The number of nitrogens with one attached hydrogen (secondary N) is 1. The average Bonchev–Trinajstić information content (AvgIpc) is 2.27. The minimum Gasteiger partial charge on any atom is -0.389 e. The van der Waals surface area contributed by atoms with E-state index in [9.17, 15) is 5.11 Å². The lowest BCUT2D eigenvalue weighted by molar-refractivity contribution is 0.0173. The number of rotatable bonds is 6. The molecule has 0 amide bonds. The molecule has 0 aromatic rings. The van der Waals surface area contributed by atoms with Crippen molar-refractivity contribution < 1.29 is 9.84 Å². The molecule has 2 atom stereocenters. The molecule has 2 N–H and O–H groups in total. The molecule has 0 saturated carbocycles. The Balaban J connectivity index is 2.41. The summed E-state index contributed by atoms with van der Waals surface area (Å²) in [4.78, 5) is 2.41. The summed E-state index contributed by atoms with van der Waals surface area (Å²) in [7, 11) is 1.64. The van der Waals surface area contributed by atoms with Gasteiger partial charge in [-0.1, -0.05) is 6.42 Å². The van der Waals surface area contributed by atoms with Crippen LogP contribution in [0.4, 0.5) is 0 Å². The molecule has 2 unspecified atom stereocenters. The lowest BCUT2D eigenvalue weighted by Crippen LogP contribution is -2.51. The summed E-state index contributed by atoms with van der Waals surface area (Å²) in [6.45, 7) is 9.83. The van der Waals surface area contributed by atoms with E-state index in [2.05, 4.69) is 31.0 Å². The van der Waals surface area contributed by atoms with Gasteiger partial charge in [0.05, 0.1) is 12.7 Å². The second-order valence-corrected chi connectivity index (χ2v) is 6.38. The number of methoxy groups -OCH3 is 1. The van der Waals surface area contributed by atoms with Gasteiger partial charge in [-0.3, -0.25) is 4.90 Å². The molecule has 0 bridgehead atoms. The van der Waals surface area contributed by atoms with Crippen molar-refractivity contribution in [3.63, 3.8) is 0 Å². The zero-order valence-corrected chi connectivity index (χ0v) is 12.4. The molecule has 0 aromatic heterocycles. The quantitative estimate of drug-likeness (QED) is 0.752. The van der Waals surface area contributed by atoms with E-state index in [-0.39, 0.29) is 11.6 Å². The fraction of sp³-hybridized carbons (Fsp3) is 1.00. The Morgan fingerprint density at radius 2 is 2.11 bits per heavy atom. The monoisotopic (exact) mass is 258 g/mol. The Morgan fingerprint density at radius 3 is 2.72 bits per heavy atom. The van der Waals surface area contributed by atoms with Crippen molar-refractivity contribution >= 4 is 0 Å². The third-order valence-electron chi connectivity index (χ3n) is 3.42. The summed E-state index contributed by atoms with van der Waals surface area (Å²) >= 11 is 0. The lowest BCUT2D eigenvalue weighted by atomic mass is 10.00. The van der Waals surface area contributed by atoms with Gasteiger partial charge in [-0.2, -0.15) is 0 Å². The highest BCUT2D eigenvalue weighted by Gasteiger charge is 2.25. The standard InChI is InChI=1S/C14H30N2O2/c1-14(2,3)15-9-12-7-5-6-8-16(12)10-13(17)11-18-4/h12-13,15,17H,5-11H2,1-4H3. The second-order valence-electron chi connectivity index (χ2n) is 6.38. The van der Waals surface area contributed by atoms with Crippen molar-refractivity contribution in [3.05, 3.63) is 0 Å². The first-order valence-electron chi connectivity index (χ1n) is 7.08. The first-order chi connectivity index (χ1) is 8.42. The van der Waals surface area contributed by atoms with E-state index in [0.717, 1.165) is 19.6 Å². The Labute approximate surface area is 112 Å². The van der Waals surface area contributed by atoms with Gasteiger partial charge in [0.25, 0.3) is 0 Å². The zero-order chi connectivity index (χ0) is 13.6. The summed E-state index contributed by atoms with van der Waals surface area (Å²) in [5.74, 6) is 0.